The van der Waals surface area contributed by atoms with Crippen LogP contribution in [0.25, 0.3) is 0 Å². The van der Waals surface area contributed by atoms with Crippen molar-refractivity contribution in [1.29, 1.82) is 0 Å². The number of fused-ring (bicyclic) bond motifs is 1. The summed E-state index contributed by atoms with van der Waals surface area (Å²) in [6.45, 7) is 12.6. The molecule has 1 N–H and O–H groups in total. The zero-order chi connectivity index (χ0) is 19.8. The fraction of sp³-hybridized carbons (Fsp3) is 0.636. The number of nitrogens with one attached hydrogen (secondary N) is 1. The fourth-order valence-corrected chi connectivity index (χ4v) is 4.33. The van der Waals surface area contributed by atoms with E-state index >= 15 is 0 Å². The number of hydrogen-bond donors (Lipinski definition) is 1. The molecule has 0 aromatic heterocycles. The van der Waals surface area contributed by atoms with Gasteiger partial charge in [-0.05, 0) is 54.7 Å². The molecule has 0 spiro atoms. The molecule has 5 heteroatoms. The average molecular weight is 372 g/mol. The van der Waals surface area contributed by atoms with Gasteiger partial charge in [-0.3, -0.25) is 9.69 Å². The molecule has 2 aliphatic rings. The summed E-state index contributed by atoms with van der Waals surface area (Å²) in [4.78, 5) is 29.5. The summed E-state index contributed by atoms with van der Waals surface area (Å²) in [6.07, 6.45) is 3.33. The van der Waals surface area contributed by atoms with Crippen molar-refractivity contribution >= 4 is 11.9 Å². The molecule has 0 bridgehead atoms. The van der Waals surface area contributed by atoms with Crippen molar-refractivity contribution in [2.75, 3.05) is 19.8 Å². The van der Waals surface area contributed by atoms with Gasteiger partial charge in [0.25, 0.3) is 5.91 Å². The fourth-order valence-electron chi connectivity index (χ4n) is 4.33. The van der Waals surface area contributed by atoms with E-state index in [1.54, 1.807) is 0 Å². The van der Waals surface area contributed by atoms with E-state index in [1.807, 2.05) is 13.0 Å². The van der Waals surface area contributed by atoms with E-state index in [9.17, 15) is 9.59 Å². The van der Waals surface area contributed by atoms with Gasteiger partial charge in [0.15, 0.2) is 0 Å². The molecule has 148 valence electrons. The summed E-state index contributed by atoms with van der Waals surface area (Å²) >= 11 is 0. The van der Waals surface area contributed by atoms with Crippen LogP contribution in [0.5, 0.6) is 0 Å². The van der Waals surface area contributed by atoms with E-state index in [0.29, 0.717) is 18.5 Å². The largest absolute Gasteiger partial charge is 0.326 e. The third kappa shape index (κ3) is 4.03. The number of rotatable bonds is 7. The van der Waals surface area contributed by atoms with Gasteiger partial charge in [0.2, 0.25) is 0 Å². The van der Waals surface area contributed by atoms with Crippen molar-refractivity contribution in [3.8, 4) is 0 Å². The van der Waals surface area contributed by atoms with E-state index in [4.69, 9.17) is 0 Å². The molecule has 1 unspecified atom stereocenters. The smallest absolute Gasteiger partial charge is 0.319 e. The Morgan fingerprint density at radius 3 is 2.33 bits per heavy atom. The molecule has 1 aromatic carbocycles. The number of amides is 3. The van der Waals surface area contributed by atoms with Crippen LogP contribution < -0.4 is 5.32 Å². The van der Waals surface area contributed by atoms with Gasteiger partial charge in [0, 0.05) is 13.1 Å². The van der Waals surface area contributed by atoms with Gasteiger partial charge in [-0.2, -0.15) is 0 Å². The first-order chi connectivity index (χ1) is 12.7. The second kappa shape index (κ2) is 7.63. The Labute approximate surface area is 163 Å². The molecule has 3 amide bonds. The van der Waals surface area contributed by atoms with Gasteiger partial charge in [-0.15, -0.1) is 0 Å². The van der Waals surface area contributed by atoms with Crippen molar-refractivity contribution in [3.63, 3.8) is 0 Å². The van der Waals surface area contributed by atoms with Crippen LogP contribution in [-0.2, 0) is 23.2 Å². The average Bonchev–Trinajstić information content (AvgIpc) is 3.12. The second-order valence-corrected chi connectivity index (χ2v) is 9.09. The highest BCUT2D eigenvalue weighted by Gasteiger charge is 2.49. The molecule has 1 aromatic rings. The standard InChI is InChI=1S/C22H33N3O2/c1-15(2)12-24(13-16(3)4)14-25-20(26)22(5,23-21(25)27)19-10-9-17-7-6-8-18(17)11-19/h9-11,15-16H,6-8,12-14H2,1-5H3,(H,23,27). The lowest BCUT2D eigenvalue weighted by Crippen LogP contribution is -2.45. The molecular formula is C22H33N3O2. The van der Waals surface area contributed by atoms with Crippen LogP contribution in [0.4, 0.5) is 4.79 Å². The zero-order valence-corrected chi connectivity index (χ0v) is 17.3. The number of aryl methyl sites for hydroxylation is 2. The summed E-state index contributed by atoms with van der Waals surface area (Å²) < 4.78 is 0. The summed E-state index contributed by atoms with van der Waals surface area (Å²) in [5, 5.41) is 2.96. The number of urea groups is 1. The molecule has 1 heterocycles. The van der Waals surface area contributed by atoms with Crippen molar-refractivity contribution in [1.82, 2.24) is 15.1 Å². The van der Waals surface area contributed by atoms with Gasteiger partial charge in [0.1, 0.15) is 5.54 Å². The number of nitrogens with zero attached hydrogens (tertiary/aromatic N) is 2. The number of hydrogen-bond acceptors (Lipinski definition) is 3. The molecule has 27 heavy (non-hydrogen) atoms. The Morgan fingerprint density at radius 2 is 1.70 bits per heavy atom. The van der Waals surface area contributed by atoms with Crippen LogP contribution >= 0.6 is 0 Å². The molecule has 3 rings (SSSR count). The van der Waals surface area contributed by atoms with Gasteiger partial charge in [0.05, 0.1) is 6.67 Å². The SMILES string of the molecule is CC(C)CN(CC(C)C)CN1C(=O)NC(C)(c2ccc3c(c2)CCC3)C1=O. The summed E-state index contributed by atoms with van der Waals surface area (Å²) in [6, 6.07) is 5.95. The maximum absolute atomic E-state index is 13.3. The van der Waals surface area contributed by atoms with Crippen LogP contribution in [0, 0.1) is 11.8 Å². The normalized spacial score (nSPS) is 22.3. The second-order valence-electron chi connectivity index (χ2n) is 9.09. The minimum Gasteiger partial charge on any atom is -0.319 e. The Hall–Kier alpha value is -1.88. The predicted molar refractivity (Wildman–Crippen MR) is 107 cm³/mol. The van der Waals surface area contributed by atoms with Crippen LogP contribution in [0.3, 0.4) is 0 Å². The quantitative estimate of drug-likeness (QED) is 0.746. The van der Waals surface area contributed by atoms with Crippen LogP contribution in [0.2, 0.25) is 0 Å². The third-order valence-electron chi connectivity index (χ3n) is 5.54. The summed E-state index contributed by atoms with van der Waals surface area (Å²) in [5.74, 6) is 0.809. The summed E-state index contributed by atoms with van der Waals surface area (Å²) in [5.41, 5.74) is 2.60. The van der Waals surface area contributed by atoms with Gasteiger partial charge >= 0.3 is 6.03 Å². The topological polar surface area (TPSA) is 52.6 Å². The van der Waals surface area contributed by atoms with Crippen LogP contribution in [0.15, 0.2) is 18.2 Å². The number of carbonyl (C=O) groups excluding carboxylic acids is 2. The molecule has 0 saturated carbocycles. The van der Waals surface area contributed by atoms with Crippen LogP contribution in [0.1, 0.15) is 57.7 Å². The monoisotopic (exact) mass is 371 g/mol. The van der Waals surface area contributed by atoms with Gasteiger partial charge in [-0.25, -0.2) is 9.69 Å². The molecule has 1 aliphatic heterocycles. The van der Waals surface area contributed by atoms with E-state index < -0.39 is 5.54 Å². The van der Waals surface area contributed by atoms with Crippen LogP contribution in [-0.4, -0.2) is 41.5 Å². The van der Waals surface area contributed by atoms with E-state index in [-0.39, 0.29) is 11.9 Å². The highest BCUT2D eigenvalue weighted by Crippen LogP contribution is 2.32. The van der Waals surface area contributed by atoms with Crippen molar-refractivity contribution in [3.05, 3.63) is 34.9 Å². The Balaban J connectivity index is 1.81. The molecule has 0 radical (unpaired) electrons. The lowest BCUT2D eigenvalue weighted by atomic mass is 9.90. The minimum absolute atomic E-state index is 0.150. The van der Waals surface area contributed by atoms with Crippen molar-refractivity contribution < 1.29 is 9.59 Å². The number of imide groups is 1. The molecule has 1 fully saturated rings. The Morgan fingerprint density at radius 1 is 1.07 bits per heavy atom. The molecule has 1 aliphatic carbocycles. The molecule has 1 saturated heterocycles. The van der Waals surface area contributed by atoms with Gasteiger partial charge in [-0.1, -0.05) is 45.9 Å². The third-order valence-corrected chi connectivity index (χ3v) is 5.54. The van der Waals surface area contributed by atoms with Crippen molar-refractivity contribution in [2.24, 2.45) is 11.8 Å². The molecule has 5 nitrogen and oxygen atoms in total. The zero-order valence-electron chi connectivity index (χ0n) is 17.3. The summed E-state index contributed by atoms with van der Waals surface area (Å²) in [7, 11) is 0. The maximum atomic E-state index is 13.3. The van der Waals surface area contributed by atoms with Crippen molar-refractivity contribution in [2.45, 2.75) is 59.4 Å². The van der Waals surface area contributed by atoms with E-state index in [1.165, 1.54) is 22.4 Å². The first-order valence-corrected chi connectivity index (χ1v) is 10.2. The molecular weight excluding hydrogens is 338 g/mol. The lowest BCUT2D eigenvalue weighted by Gasteiger charge is -2.30. The van der Waals surface area contributed by atoms with E-state index in [0.717, 1.165) is 31.5 Å². The van der Waals surface area contributed by atoms with E-state index in [2.05, 4.69) is 50.0 Å². The molecule has 1 atom stereocenters. The lowest BCUT2D eigenvalue weighted by molar-refractivity contribution is -0.132. The van der Waals surface area contributed by atoms with Gasteiger partial charge < -0.3 is 5.32 Å². The first-order valence-electron chi connectivity index (χ1n) is 10.2. The number of carbonyl (C=O) groups is 2. The highest BCUT2D eigenvalue weighted by molar-refractivity contribution is 6.07. The Kier molecular flexibility index (Phi) is 5.61. The number of benzene rings is 1. The Bertz CT molecular complexity index is 718. The first kappa shape index (κ1) is 19.9. The predicted octanol–water partition coefficient (Wildman–Crippen LogP) is 3.51. The minimum atomic E-state index is -0.976. The maximum Gasteiger partial charge on any atom is 0.326 e. The highest BCUT2D eigenvalue weighted by atomic mass is 16.2.